The van der Waals surface area contributed by atoms with Crippen molar-refractivity contribution in [1.82, 2.24) is 14.9 Å². The number of rotatable bonds is 11. The summed E-state index contributed by atoms with van der Waals surface area (Å²) in [5, 5.41) is 3.47. The number of halogens is 2. The highest BCUT2D eigenvalue weighted by molar-refractivity contribution is 7.89. The molecule has 1 aliphatic heterocycles. The summed E-state index contributed by atoms with van der Waals surface area (Å²) in [6.07, 6.45) is 0.519. The number of nitrogens with zero attached hydrogens (tertiary/aromatic N) is 1. The first-order valence-electron chi connectivity index (χ1n) is 13.7. The highest BCUT2D eigenvalue weighted by atomic mass is 35.5. The SMILES string of the molecule is Cc1cc(Cl)cc(Cl)c1S(=O)(=O)NC(CC(=O)NC1CCOc2cc(CN(C)CC(C)C)ccc21)c1ccccc1. The lowest BCUT2D eigenvalue weighted by atomic mass is 9.97. The molecular formula is C31H37Cl2N3O4S. The van der Waals surface area contributed by atoms with Crippen molar-refractivity contribution in [3.8, 4) is 5.75 Å². The maximum atomic E-state index is 13.5. The Hall–Kier alpha value is -2.62. The molecule has 2 unspecified atom stereocenters. The van der Waals surface area contributed by atoms with Crippen LogP contribution in [0.3, 0.4) is 0 Å². The normalized spacial score (nSPS) is 15.9. The topological polar surface area (TPSA) is 87.7 Å². The fourth-order valence-electron chi connectivity index (χ4n) is 5.31. The average Bonchev–Trinajstić information content (AvgIpc) is 2.87. The average molecular weight is 619 g/mol. The molecule has 0 saturated heterocycles. The number of nitrogens with one attached hydrogen (secondary N) is 2. The van der Waals surface area contributed by atoms with Crippen molar-refractivity contribution in [2.24, 2.45) is 5.92 Å². The van der Waals surface area contributed by atoms with Gasteiger partial charge in [0, 0.05) is 36.5 Å². The van der Waals surface area contributed by atoms with Gasteiger partial charge in [-0.05, 0) is 54.8 Å². The van der Waals surface area contributed by atoms with Gasteiger partial charge in [0.2, 0.25) is 15.9 Å². The van der Waals surface area contributed by atoms with E-state index in [9.17, 15) is 13.2 Å². The molecule has 10 heteroatoms. The lowest BCUT2D eigenvalue weighted by Gasteiger charge is -2.28. The Balaban J connectivity index is 1.51. The largest absolute Gasteiger partial charge is 0.493 e. The van der Waals surface area contributed by atoms with E-state index in [-0.39, 0.29) is 28.3 Å². The number of fused-ring (bicyclic) bond motifs is 1. The van der Waals surface area contributed by atoms with Crippen molar-refractivity contribution in [3.05, 3.63) is 93.0 Å². The van der Waals surface area contributed by atoms with Crippen LogP contribution < -0.4 is 14.8 Å². The molecule has 0 aromatic heterocycles. The summed E-state index contributed by atoms with van der Waals surface area (Å²) >= 11 is 12.4. The van der Waals surface area contributed by atoms with E-state index < -0.39 is 16.1 Å². The van der Waals surface area contributed by atoms with Gasteiger partial charge < -0.3 is 15.0 Å². The minimum atomic E-state index is -4.08. The van der Waals surface area contributed by atoms with E-state index in [1.54, 1.807) is 37.3 Å². The van der Waals surface area contributed by atoms with Gasteiger partial charge in [0.05, 0.1) is 23.7 Å². The van der Waals surface area contributed by atoms with Gasteiger partial charge in [-0.25, -0.2) is 13.1 Å². The first-order valence-corrected chi connectivity index (χ1v) is 15.9. The van der Waals surface area contributed by atoms with Crippen LogP contribution in [-0.2, 0) is 21.4 Å². The number of aryl methyl sites for hydroxylation is 1. The van der Waals surface area contributed by atoms with Crippen molar-refractivity contribution in [2.45, 2.75) is 57.1 Å². The summed E-state index contributed by atoms with van der Waals surface area (Å²) in [4.78, 5) is 15.6. The molecule has 0 radical (unpaired) electrons. The molecule has 1 amide bonds. The van der Waals surface area contributed by atoms with Gasteiger partial charge in [-0.15, -0.1) is 0 Å². The lowest BCUT2D eigenvalue weighted by Crippen LogP contribution is -2.37. The predicted octanol–water partition coefficient (Wildman–Crippen LogP) is 6.44. The molecular weight excluding hydrogens is 581 g/mol. The first-order chi connectivity index (χ1) is 19.4. The summed E-state index contributed by atoms with van der Waals surface area (Å²) < 4.78 is 35.6. The van der Waals surface area contributed by atoms with Crippen molar-refractivity contribution < 1.29 is 17.9 Å². The Morgan fingerprint density at radius 1 is 1.10 bits per heavy atom. The molecule has 0 saturated carbocycles. The standard InChI is InChI=1S/C31H37Cl2N3O4S/c1-20(2)18-36(4)19-22-10-11-25-27(12-13-40-29(25)15-22)34-30(37)17-28(23-8-6-5-7-9-23)35-41(38,39)31-21(3)14-24(32)16-26(31)33/h5-11,14-16,20,27-28,35H,12-13,17-19H2,1-4H3,(H,34,37). The Labute approximate surface area is 253 Å². The molecule has 0 fully saturated rings. The summed E-state index contributed by atoms with van der Waals surface area (Å²) in [6.45, 7) is 8.30. The highest BCUT2D eigenvalue weighted by Crippen LogP contribution is 2.34. The van der Waals surface area contributed by atoms with Gasteiger partial charge in [0.1, 0.15) is 10.6 Å². The second-order valence-corrected chi connectivity index (χ2v) is 13.5. The third kappa shape index (κ3) is 8.23. The van der Waals surface area contributed by atoms with Crippen LogP contribution in [0.1, 0.15) is 61.0 Å². The maximum Gasteiger partial charge on any atom is 0.242 e. The van der Waals surface area contributed by atoms with Crippen LogP contribution in [0.2, 0.25) is 10.0 Å². The van der Waals surface area contributed by atoms with Crippen molar-refractivity contribution >= 4 is 39.1 Å². The Bertz CT molecular complexity index is 1460. The van der Waals surface area contributed by atoms with Crippen molar-refractivity contribution in [2.75, 3.05) is 20.2 Å². The molecule has 0 aliphatic carbocycles. The second-order valence-electron chi connectivity index (χ2n) is 11.0. The molecule has 1 heterocycles. The molecule has 0 spiro atoms. The second kappa shape index (κ2) is 13.6. The molecule has 41 heavy (non-hydrogen) atoms. The van der Waals surface area contributed by atoms with E-state index in [0.29, 0.717) is 35.1 Å². The molecule has 7 nitrogen and oxygen atoms in total. The minimum absolute atomic E-state index is 0.0207. The molecule has 3 aromatic carbocycles. The minimum Gasteiger partial charge on any atom is -0.493 e. The maximum absolute atomic E-state index is 13.5. The van der Waals surface area contributed by atoms with Gasteiger partial charge in [-0.2, -0.15) is 0 Å². The van der Waals surface area contributed by atoms with E-state index in [4.69, 9.17) is 27.9 Å². The number of carbonyl (C=O) groups is 1. The third-order valence-electron chi connectivity index (χ3n) is 6.93. The number of carbonyl (C=O) groups excluding carboxylic acids is 1. The molecule has 3 aromatic rings. The smallest absolute Gasteiger partial charge is 0.242 e. The molecule has 4 rings (SSSR count). The molecule has 2 atom stereocenters. The van der Waals surface area contributed by atoms with Crippen LogP contribution in [0, 0.1) is 12.8 Å². The quantitative estimate of drug-likeness (QED) is 0.258. The lowest BCUT2D eigenvalue weighted by molar-refractivity contribution is -0.122. The van der Waals surface area contributed by atoms with Gasteiger partial charge in [-0.3, -0.25) is 4.79 Å². The van der Waals surface area contributed by atoms with Crippen LogP contribution in [0.5, 0.6) is 5.75 Å². The number of hydrogen-bond acceptors (Lipinski definition) is 5. The number of benzene rings is 3. The van der Waals surface area contributed by atoms with Crippen molar-refractivity contribution in [3.63, 3.8) is 0 Å². The number of hydrogen-bond donors (Lipinski definition) is 2. The number of ether oxygens (including phenoxy) is 1. The van der Waals surface area contributed by atoms with E-state index in [1.165, 1.54) is 6.07 Å². The molecule has 1 aliphatic rings. The van der Waals surface area contributed by atoms with Gasteiger partial charge >= 0.3 is 0 Å². The third-order valence-corrected chi connectivity index (χ3v) is 9.24. The monoisotopic (exact) mass is 617 g/mol. The van der Waals surface area contributed by atoms with Gasteiger partial charge in [0.25, 0.3) is 0 Å². The fraction of sp³-hybridized carbons (Fsp3) is 0.387. The van der Waals surface area contributed by atoms with Crippen LogP contribution >= 0.6 is 23.2 Å². The van der Waals surface area contributed by atoms with Crippen LogP contribution in [0.4, 0.5) is 0 Å². The summed E-state index contributed by atoms with van der Waals surface area (Å²) in [5.74, 6) is 1.06. The number of amides is 1. The van der Waals surface area contributed by atoms with E-state index in [2.05, 4.69) is 41.9 Å². The predicted molar refractivity (Wildman–Crippen MR) is 164 cm³/mol. The fourth-order valence-corrected chi connectivity index (χ4v) is 7.72. The zero-order valence-electron chi connectivity index (χ0n) is 23.8. The Morgan fingerprint density at radius 3 is 2.51 bits per heavy atom. The first kappa shape index (κ1) is 31.3. The summed E-state index contributed by atoms with van der Waals surface area (Å²) in [6, 6.07) is 17.0. The van der Waals surface area contributed by atoms with Crippen LogP contribution in [-0.4, -0.2) is 39.4 Å². The van der Waals surface area contributed by atoms with Crippen LogP contribution in [0.25, 0.3) is 0 Å². The zero-order valence-corrected chi connectivity index (χ0v) is 26.1. The summed E-state index contributed by atoms with van der Waals surface area (Å²) in [5.41, 5.74) is 3.14. The Kier molecular flexibility index (Phi) is 10.4. The van der Waals surface area contributed by atoms with Gasteiger partial charge in [-0.1, -0.05) is 79.5 Å². The summed E-state index contributed by atoms with van der Waals surface area (Å²) in [7, 11) is -1.98. The van der Waals surface area contributed by atoms with E-state index in [1.807, 2.05) is 18.2 Å². The van der Waals surface area contributed by atoms with E-state index in [0.717, 1.165) is 30.0 Å². The highest BCUT2D eigenvalue weighted by Gasteiger charge is 2.29. The molecule has 0 bridgehead atoms. The zero-order chi connectivity index (χ0) is 29.7. The Morgan fingerprint density at radius 2 is 1.83 bits per heavy atom. The van der Waals surface area contributed by atoms with Crippen molar-refractivity contribution in [1.29, 1.82) is 0 Å². The van der Waals surface area contributed by atoms with Crippen LogP contribution in [0.15, 0.2) is 65.6 Å². The number of sulfonamides is 1. The van der Waals surface area contributed by atoms with E-state index >= 15 is 0 Å². The molecule has 220 valence electrons. The molecule has 2 N–H and O–H groups in total. The van der Waals surface area contributed by atoms with Gasteiger partial charge in [0.15, 0.2) is 0 Å².